The summed E-state index contributed by atoms with van der Waals surface area (Å²) in [7, 11) is 0. The minimum atomic E-state index is 0.359. The van der Waals surface area contributed by atoms with Gasteiger partial charge in [-0.15, -0.1) is 0 Å². The highest BCUT2D eigenvalue weighted by Crippen LogP contribution is 2.16. The van der Waals surface area contributed by atoms with E-state index >= 15 is 0 Å². The van der Waals surface area contributed by atoms with Gasteiger partial charge in [0.2, 0.25) is 0 Å². The molecule has 2 N–H and O–H groups in total. The molecule has 0 heterocycles. The first kappa shape index (κ1) is 15.4. The number of rotatable bonds is 8. The number of aromatic hydroxyl groups is 1. The van der Waals surface area contributed by atoms with E-state index in [0.717, 1.165) is 25.1 Å². The molecule has 0 saturated carbocycles. The molecule has 18 heavy (non-hydrogen) atoms. The van der Waals surface area contributed by atoms with Crippen LogP contribution in [0.4, 0.5) is 0 Å². The molecular formula is C15H25NOS. The second-order valence-electron chi connectivity index (χ2n) is 4.91. The first-order valence-electron chi connectivity index (χ1n) is 6.74. The average molecular weight is 267 g/mol. The largest absolute Gasteiger partial charge is 0.508 e. The topological polar surface area (TPSA) is 32.3 Å². The van der Waals surface area contributed by atoms with Crippen LogP contribution in [-0.2, 0) is 6.42 Å². The second-order valence-corrected chi connectivity index (χ2v) is 6.52. The van der Waals surface area contributed by atoms with E-state index in [1.165, 1.54) is 5.56 Å². The van der Waals surface area contributed by atoms with Crippen molar-refractivity contribution >= 4 is 11.8 Å². The Labute approximate surface area is 115 Å². The molecule has 0 bridgehead atoms. The predicted octanol–water partition coefficient (Wildman–Crippen LogP) is 3.44. The molecule has 2 nitrogen and oxygen atoms in total. The summed E-state index contributed by atoms with van der Waals surface area (Å²) < 4.78 is 0. The van der Waals surface area contributed by atoms with Gasteiger partial charge in [0.25, 0.3) is 0 Å². The van der Waals surface area contributed by atoms with Crippen molar-refractivity contribution in [1.82, 2.24) is 5.32 Å². The molecule has 0 aliphatic heterocycles. The number of nitrogens with one attached hydrogen (secondary N) is 1. The minimum Gasteiger partial charge on any atom is -0.508 e. The summed E-state index contributed by atoms with van der Waals surface area (Å²) in [5.74, 6) is 1.48. The maximum atomic E-state index is 9.49. The third-order valence-electron chi connectivity index (χ3n) is 2.71. The highest BCUT2D eigenvalue weighted by molar-refractivity contribution is 7.99. The quantitative estimate of drug-likeness (QED) is 0.756. The van der Waals surface area contributed by atoms with Crippen molar-refractivity contribution in [1.29, 1.82) is 0 Å². The van der Waals surface area contributed by atoms with Gasteiger partial charge in [-0.2, -0.15) is 11.8 Å². The summed E-state index contributed by atoms with van der Waals surface area (Å²) in [6.07, 6.45) is 2.14. The smallest absolute Gasteiger partial charge is 0.115 e. The molecule has 0 spiro atoms. The molecule has 0 aliphatic carbocycles. The molecule has 0 aliphatic rings. The highest BCUT2D eigenvalue weighted by Gasteiger charge is 2.10. The molecule has 0 saturated heterocycles. The van der Waals surface area contributed by atoms with Crippen molar-refractivity contribution in [3.05, 3.63) is 29.8 Å². The fourth-order valence-electron chi connectivity index (χ4n) is 1.82. The molecule has 102 valence electrons. The Balaban J connectivity index is 2.53. The van der Waals surface area contributed by atoms with E-state index in [-0.39, 0.29) is 0 Å². The van der Waals surface area contributed by atoms with Gasteiger partial charge in [0.05, 0.1) is 0 Å². The van der Waals surface area contributed by atoms with Crippen LogP contribution in [0, 0.1) is 0 Å². The number of benzene rings is 1. The van der Waals surface area contributed by atoms with Gasteiger partial charge in [0.1, 0.15) is 5.75 Å². The van der Waals surface area contributed by atoms with Crippen LogP contribution in [0.1, 0.15) is 32.8 Å². The number of hydrogen-bond donors (Lipinski definition) is 2. The van der Waals surface area contributed by atoms with E-state index in [1.807, 2.05) is 23.9 Å². The van der Waals surface area contributed by atoms with Gasteiger partial charge >= 0.3 is 0 Å². The van der Waals surface area contributed by atoms with E-state index in [2.05, 4.69) is 32.2 Å². The molecule has 3 heteroatoms. The third kappa shape index (κ3) is 6.31. The van der Waals surface area contributed by atoms with Crippen molar-refractivity contribution in [3.63, 3.8) is 0 Å². The molecule has 0 amide bonds. The zero-order chi connectivity index (χ0) is 13.4. The summed E-state index contributed by atoms with van der Waals surface area (Å²) in [4.78, 5) is 0. The Kier molecular flexibility index (Phi) is 7.21. The fraction of sp³-hybridized carbons (Fsp3) is 0.600. The van der Waals surface area contributed by atoms with Crippen LogP contribution >= 0.6 is 11.8 Å². The summed E-state index contributed by atoms with van der Waals surface area (Å²) in [6, 6.07) is 8.07. The van der Waals surface area contributed by atoms with Crippen LogP contribution in [0.2, 0.25) is 0 Å². The molecule has 1 rings (SSSR count). The maximum absolute atomic E-state index is 9.49. The lowest BCUT2D eigenvalue weighted by atomic mass is 10.1. The first-order chi connectivity index (χ1) is 8.61. The Hall–Kier alpha value is -0.670. The molecule has 0 aromatic heterocycles. The van der Waals surface area contributed by atoms with E-state index < -0.39 is 0 Å². The van der Waals surface area contributed by atoms with Gasteiger partial charge in [0.15, 0.2) is 0 Å². The summed E-state index contributed by atoms with van der Waals surface area (Å²) in [6.45, 7) is 7.71. The zero-order valence-corrected chi connectivity index (χ0v) is 12.5. The lowest BCUT2D eigenvalue weighted by Gasteiger charge is -2.19. The molecule has 1 unspecified atom stereocenters. The monoisotopic (exact) mass is 267 g/mol. The first-order valence-corrected chi connectivity index (χ1v) is 7.79. The standard InChI is InChI=1S/C15H25NOS/c1-4-8-16-14(11-18-12(2)3)9-13-6-5-7-15(17)10-13/h5-7,10,12,14,16-17H,4,8-9,11H2,1-3H3. The number of hydrogen-bond acceptors (Lipinski definition) is 3. The van der Waals surface area contributed by atoms with Crippen molar-refractivity contribution in [3.8, 4) is 5.75 Å². The van der Waals surface area contributed by atoms with E-state index in [4.69, 9.17) is 0 Å². The second kappa shape index (κ2) is 8.44. The van der Waals surface area contributed by atoms with Crippen LogP contribution in [0.5, 0.6) is 5.75 Å². The Bertz CT molecular complexity index is 341. The van der Waals surface area contributed by atoms with Gasteiger partial charge in [-0.25, -0.2) is 0 Å². The molecule has 0 radical (unpaired) electrons. The number of thioether (sulfide) groups is 1. The van der Waals surface area contributed by atoms with Gasteiger partial charge < -0.3 is 10.4 Å². The third-order valence-corrected chi connectivity index (χ3v) is 3.97. The van der Waals surface area contributed by atoms with Crippen LogP contribution in [0.25, 0.3) is 0 Å². The molecule has 0 fully saturated rings. The Morgan fingerprint density at radius 3 is 2.72 bits per heavy atom. The van der Waals surface area contributed by atoms with E-state index in [1.54, 1.807) is 6.07 Å². The van der Waals surface area contributed by atoms with Crippen LogP contribution in [0.15, 0.2) is 24.3 Å². The zero-order valence-electron chi connectivity index (χ0n) is 11.6. The van der Waals surface area contributed by atoms with Crippen LogP contribution < -0.4 is 5.32 Å². The Morgan fingerprint density at radius 2 is 2.11 bits per heavy atom. The van der Waals surface area contributed by atoms with Gasteiger partial charge in [0, 0.05) is 11.8 Å². The molecule has 1 atom stereocenters. The summed E-state index contributed by atoms with van der Waals surface area (Å²) >= 11 is 1.99. The predicted molar refractivity (Wildman–Crippen MR) is 81.5 cm³/mol. The molecular weight excluding hydrogens is 242 g/mol. The van der Waals surface area contributed by atoms with Crippen LogP contribution in [0.3, 0.4) is 0 Å². The van der Waals surface area contributed by atoms with Gasteiger partial charge in [-0.1, -0.05) is 32.9 Å². The van der Waals surface area contributed by atoms with Crippen molar-refractivity contribution < 1.29 is 5.11 Å². The fourth-order valence-corrected chi connectivity index (χ4v) is 2.67. The minimum absolute atomic E-state index is 0.359. The van der Waals surface area contributed by atoms with Crippen LogP contribution in [-0.4, -0.2) is 28.7 Å². The molecule has 1 aromatic carbocycles. The lowest BCUT2D eigenvalue weighted by Crippen LogP contribution is -2.34. The van der Waals surface area contributed by atoms with Crippen molar-refractivity contribution in [2.24, 2.45) is 0 Å². The highest BCUT2D eigenvalue weighted by atomic mass is 32.2. The lowest BCUT2D eigenvalue weighted by molar-refractivity contribution is 0.473. The van der Waals surface area contributed by atoms with Gasteiger partial charge in [-0.3, -0.25) is 0 Å². The SMILES string of the molecule is CCCNC(CSC(C)C)Cc1cccc(O)c1. The van der Waals surface area contributed by atoms with E-state index in [0.29, 0.717) is 17.0 Å². The maximum Gasteiger partial charge on any atom is 0.115 e. The van der Waals surface area contributed by atoms with E-state index in [9.17, 15) is 5.11 Å². The Morgan fingerprint density at radius 1 is 1.33 bits per heavy atom. The average Bonchev–Trinajstić information content (AvgIpc) is 2.32. The summed E-state index contributed by atoms with van der Waals surface area (Å²) in [5.41, 5.74) is 1.20. The number of phenols is 1. The van der Waals surface area contributed by atoms with Crippen molar-refractivity contribution in [2.45, 2.75) is 44.9 Å². The number of phenolic OH excluding ortho intramolecular Hbond substituents is 1. The summed E-state index contributed by atoms with van der Waals surface area (Å²) in [5, 5.41) is 13.8. The normalized spacial score (nSPS) is 12.9. The van der Waals surface area contributed by atoms with Crippen molar-refractivity contribution in [2.75, 3.05) is 12.3 Å². The van der Waals surface area contributed by atoms with Gasteiger partial charge in [-0.05, 0) is 42.3 Å². The molecule has 1 aromatic rings.